The number of hydrogen-bond acceptors (Lipinski definition) is 3. The van der Waals surface area contributed by atoms with Crippen LogP contribution >= 0.6 is 23.4 Å². The number of aryl methyl sites for hydroxylation is 1. The van der Waals surface area contributed by atoms with E-state index in [1.807, 2.05) is 19.1 Å². The van der Waals surface area contributed by atoms with Gasteiger partial charge in [0.2, 0.25) is 0 Å². The van der Waals surface area contributed by atoms with Crippen LogP contribution in [0.4, 0.5) is 0 Å². The fourth-order valence-corrected chi connectivity index (χ4v) is 2.77. The molecule has 18 heavy (non-hydrogen) atoms. The molecule has 0 aliphatic rings. The van der Waals surface area contributed by atoms with Gasteiger partial charge in [0.15, 0.2) is 0 Å². The third-order valence-corrected chi connectivity index (χ3v) is 4.25. The monoisotopic (exact) mass is 281 g/mol. The standard InChI is InChI=1S/C14H16ClNOS/c1-3-16-9-11-4-5-14(12(15)8-11)18-13-6-7-17-10(13)2/h4-8,16H,3,9H2,1-2H3. The van der Waals surface area contributed by atoms with Gasteiger partial charge in [-0.3, -0.25) is 0 Å². The van der Waals surface area contributed by atoms with Crippen LogP contribution in [0.3, 0.4) is 0 Å². The summed E-state index contributed by atoms with van der Waals surface area (Å²) >= 11 is 7.93. The first kappa shape index (κ1) is 13.5. The highest BCUT2D eigenvalue weighted by Gasteiger charge is 2.07. The zero-order chi connectivity index (χ0) is 13.0. The van der Waals surface area contributed by atoms with Crippen molar-refractivity contribution in [2.75, 3.05) is 6.54 Å². The van der Waals surface area contributed by atoms with Gasteiger partial charge in [-0.25, -0.2) is 0 Å². The van der Waals surface area contributed by atoms with Crippen LogP contribution in [0.25, 0.3) is 0 Å². The van der Waals surface area contributed by atoms with Crippen molar-refractivity contribution < 1.29 is 4.42 Å². The summed E-state index contributed by atoms with van der Waals surface area (Å²) in [5, 5.41) is 4.07. The van der Waals surface area contributed by atoms with Crippen LogP contribution in [0.2, 0.25) is 5.02 Å². The molecule has 0 saturated carbocycles. The van der Waals surface area contributed by atoms with Crippen molar-refractivity contribution in [1.29, 1.82) is 0 Å². The highest BCUT2D eigenvalue weighted by Crippen LogP contribution is 2.35. The van der Waals surface area contributed by atoms with Gasteiger partial charge in [-0.05, 0) is 37.2 Å². The summed E-state index contributed by atoms with van der Waals surface area (Å²) < 4.78 is 5.28. The van der Waals surface area contributed by atoms with Crippen molar-refractivity contribution in [3.05, 3.63) is 46.9 Å². The maximum atomic E-state index is 6.30. The van der Waals surface area contributed by atoms with E-state index in [2.05, 4.69) is 24.4 Å². The van der Waals surface area contributed by atoms with E-state index in [0.29, 0.717) is 0 Å². The number of furan rings is 1. The summed E-state index contributed by atoms with van der Waals surface area (Å²) in [7, 11) is 0. The summed E-state index contributed by atoms with van der Waals surface area (Å²) in [5.74, 6) is 0.924. The maximum Gasteiger partial charge on any atom is 0.114 e. The van der Waals surface area contributed by atoms with E-state index < -0.39 is 0 Å². The zero-order valence-corrected chi connectivity index (χ0v) is 12.1. The molecule has 2 rings (SSSR count). The first-order chi connectivity index (χ1) is 8.70. The minimum atomic E-state index is 0.788. The van der Waals surface area contributed by atoms with Crippen LogP contribution in [0.5, 0.6) is 0 Å². The lowest BCUT2D eigenvalue weighted by Crippen LogP contribution is -2.11. The first-order valence-electron chi connectivity index (χ1n) is 5.91. The van der Waals surface area contributed by atoms with E-state index in [1.165, 1.54) is 5.56 Å². The highest BCUT2D eigenvalue weighted by molar-refractivity contribution is 7.99. The quantitative estimate of drug-likeness (QED) is 0.873. The molecule has 0 atom stereocenters. The average Bonchev–Trinajstić information content (AvgIpc) is 2.75. The van der Waals surface area contributed by atoms with Crippen LogP contribution in [0, 0.1) is 6.92 Å². The Bertz CT molecular complexity index is 524. The van der Waals surface area contributed by atoms with E-state index >= 15 is 0 Å². The Morgan fingerprint density at radius 1 is 1.28 bits per heavy atom. The molecule has 0 amide bonds. The molecule has 0 unspecified atom stereocenters. The molecule has 1 N–H and O–H groups in total. The van der Waals surface area contributed by atoms with Gasteiger partial charge in [-0.1, -0.05) is 36.4 Å². The summed E-state index contributed by atoms with van der Waals surface area (Å²) in [6.45, 7) is 5.86. The Morgan fingerprint density at radius 3 is 2.72 bits per heavy atom. The molecule has 0 bridgehead atoms. The third-order valence-electron chi connectivity index (χ3n) is 2.61. The molecule has 96 valence electrons. The molecule has 0 aliphatic carbocycles. The van der Waals surface area contributed by atoms with Crippen LogP contribution in [0.1, 0.15) is 18.2 Å². The van der Waals surface area contributed by atoms with Crippen molar-refractivity contribution in [1.82, 2.24) is 5.32 Å². The second-order valence-electron chi connectivity index (χ2n) is 3.99. The van der Waals surface area contributed by atoms with Gasteiger partial charge >= 0.3 is 0 Å². The van der Waals surface area contributed by atoms with E-state index in [0.717, 1.165) is 33.7 Å². The number of halogens is 1. The molecule has 0 radical (unpaired) electrons. The maximum absolute atomic E-state index is 6.30. The SMILES string of the molecule is CCNCc1ccc(Sc2ccoc2C)c(Cl)c1. The van der Waals surface area contributed by atoms with Crippen LogP contribution in [-0.4, -0.2) is 6.54 Å². The molecular weight excluding hydrogens is 266 g/mol. The largest absolute Gasteiger partial charge is 0.468 e. The molecule has 2 aromatic rings. The smallest absolute Gasteiger partial charge is 0.114 e. The summed E-state index contributed by atoms with van der Waals surface area (Å²) in [6.07, 6.45) is 1.70. The van der Waals surface area contributed by atoms with Crippen LogP contribution < -0.4 is 5.32 Å². The minimum Gasteiger partial charge on any atom is -0.468 e. The fraction of sp³-hybridized carbons (Fsp3) is 0.286. The molecule has 0 spiro atoms. The lowest BCUT2D eigenvalue weighted by molar-refractivity contribution is 0.527. The Morgan fingerprint density at radius 2 is 2.11 bits per heavy atom. The number of benzene rings is 1. The van der Waals surface area contributed by atoms with Crippen LogP contribution in [0.15, 0.2) is 44.7 Å². The Labute approximate surface area is 117 Å². The fourth-order valence-electron chi connectivity index (χ4n) is 1.60. The predicted molar refractivity (Wildman–Crippen MR) is 76.4 cm³/mol. The second-order valence-corrected chi connectivity index (χ2v) is 5.48. The van der Waals surface area contributed by atoms with Gasteiger partial charge in [0.05, 0.1) is 16.2 Å². The van der Waals surface area contributed by atoms with Gasteiger partial charge in [0.1, 0.15) is 5.76 Å². The van der Waals surface area contributed by atoms with Crippen molar-refractivity contribution in [3.8, 4) is 0 Å². The number of rotatable bonds is 5. The van der Waals surface area contributed by atoms with Gasteiger partial charge in [0.25, 0.3) is 0 Å². The molecule has 0 aliphatic heterocycles. The molecule has 0 fully saturated rings. The number of nitrogens with one attached hydrogen (secondary N) is 1. The lowest BCUT2D eigenvalue weighted by Gasteiger charge is -2.07. The van der Waals surface area contributed by atoms with E-state index in [-0.39, 0.29) is 0 Å². The molecule has 1 heterocycles. The molecule has 1 aromatic heterocycles. The van der Waals surface area contributed by atoms with Crippen molar-refractivity contribution in [2.24, 2.45) is 0 Å². The molecule has 1 aromatic carbocycles. The normalized spacial score (nSPS) is 10.8. The van der Waals surface area contributed by atoms with E-state index in [9.17, 15) is 0 Å². The van der Waals surface area contributed by atoms with Crippen molar-refractivity contribution in [2.45, 2.75) is 30.2 Å². The van der Waals surface area contributed by atoms with Gasteiger partial charge in [0, 0.05) is 11.4 Å². The Hall–Kier alpha value is -0.900. The zero-order valence-electron chi connectivity index (χ0n) is 10.5. The Balaban J connectivity index is 2.12. The topological polar surface area (TPSA) is 25.2 Å². The van der Waals surface area contributed by atoms with Gasteiger partial charge in [-0.2, -0.15) is 0 Å². The summed E-state index contributed by atoms with van der Waals surface area (Å²) in [5.41, 5.74) is 1.20. The highest BCUT2D eigenvalue weighted by atomic mass is 35.5. The van der Waals surface area contributed by atoms with Crippen LogP contribution in [-0.2, 0) is 6.54 Å². The van der Waals surface area contributed by atoms with Gasteiger partial charge < -0.3 is 9.73 Å². The predicted octanol–water partition coefficient (Wildman–Crippen LogP) is 4.50. The molecular formula is C14H16ClNOS. The molecule has 2 nitrogen and oxygen atoms in total. The van der Waals surface area contributed by atoms with Crippen molar-refractivity contribution in [3.63, 3.8) is 0 Å². The Kier molecular flexibility index (Phi) is 4.75. The minimum absolute atomic E-state index is 0.788. The number of hydrogen-bond donors (Lipinski definition) is 1. The lowest BCUT2D eigenvalue weighted by atomic mass is 10.2. The van der Waals surface area contributed by atoms with E-state index in [1.54, 1.807) is 18.0 Å². The van der Waals surface area contributed by atoms with E-state index in [4.69, 9.17) is 16.0 Å². The van der Waals surface area contributed by atoms with Crippen molar-refractivity contribution >= 4 is 23.4 Å². The van der Waals surface area contributed by atoms with Gasteiger partial charge in [-0.15, -0.1) is 0 Å². The first-order valence-corrected chi connectivity index (χ1v) is 7.11. The second kappa shape index (κ2) is 6.32. The summed E-state index contributed by atoms with van der Waals surface area (Å²) in [6, 6.07) is 8.14. The average molecular weight is 282 g/mol. The molecule has 0 saturated heterocycles. The molecule has 4 heteroatoms. The summed E-state index contributed by atoms with van der Waals surface area (Å²) in [4.78, 5) is 2.16. The third kappa shape index (κ3) is 3.31.